The summed E-state index contributed by atoms with van der Waals surface area (Å²) in [5.74, 6) is -2.92. The van der Waals surface area contributed by atoms with Gasteiger partial charge < -0.3 is 30.1 Å². The number of aliphatic carboxylic acids is 1. The Kier molecular flexibility index (Phi) is 9.27. The SMILES string of the molecule is CC(C)(C)OC(=O)NC1CCCCCCCC2CC2(C(=O)O)NC(=O)C2CC(OC(=O)N3Cc4cccc(F)c4C3)CN2C1=O. The summed E-state index contributed by atoms with van der Waals surface area (Å²) in [6.45, 7) is 5.19. The molecule has 0 radical (unpaired) electrons. The van der Waals surface area contributed by atoms with E-state index in [-0.39, 0.29) is 32.0 Å². The van der Waals surface area contributed by atoms with Gasteiger partial charge >= 0.3 is 18.2 Å². The summed E-state index contributed by atoms with van der Waals surface area (Å²) < 4.78 is 25.5. The number of rotatable bonds is 3. The number of carbonyl (C=O) groups excluding carboxylic acids is 4. The lowest BCUT2D eigenvalue weighted by Crippen LogP contribution is -2.56. The lowest BCUT2D eigenvalue weighted by atomic mass is 10.0. The molecule has 1 aromatic rings. The lowest BCUT2D eigenvalue weighted by Gasteiger charge is -2.30. The van der Waals surface area contributed by atoms with Crippen LogP contribution >= 0.6 is 0 Å². The van der Waals surface area contributed by atoms with E-state index in [9.17, 15) is 33.5 Å². The molecule has 1 aliphatic carbocycles. The minimum atomic E-state index is -1.40. The molecule has 13 heteroatoms. The van der Waals surface area contributed by atoms with Gasteiger partial charge in [0.15, 0.2) is 0 Å². The maximum atomic E-state index is 14.3. The predicted octanol–water partition coefficient (Wildman–Crippen LogP) is 3.84. The van der Waals surface area contributed by atoms with Gasteiger partial charge in [-0.3, -0.25) is 14.5 Å². The first-order valence-electron chi connectivity index (χ1n) is 15.8. The first-order valence-corrected chi connectivity index (χ1v) is 15.8. The molecular formula is C32H43FN4O8. The van der Waals surface area contributed by atoms with Crippen LogP contribution in [0.4, 0.5) is 14.0 Å². The summed E-state index contributed by atoms with van der Waals surface area (Å²) in [5.41, 5.74) is -1.11. The second-order valence-corrected chi connectivity index (χ2v) is 13.7. The summed E-state index contributed by atoms with van der Waals surface area (Å²) in [5, 5.41) is 15.5. The molecule has 45 heavy (non-hydrogen) atoms. The maximum Gasteiger partial charge on any atom is 0.410 e. The highest BCUT2D eigenvalue weighted by atomic mass is 19.1. The van der Waals surface area contributed by atoms with Crippen LogP contribution in [0.3, 0.4) is 0 Å². The molecule has 0 bridgehead atoms. The molecular weight excluding hydrogens is 587 g/mol. The topological polar surface area (TPSA) is 155 Å². The number of carboxylic acid groups (broad SMARTS) is 1. The van der Waals surface area contributed by atoms with Crippen molar-refractivity contribution in [3.63, 3.8) is 0 Å². The van der Waals surface area contributed by atoms with E-state index >= 15 is 0 Å². The third-order valence-corrected chi connectivity index (χ3v) is 9.17. The lowest BCUT2D eigenvalue weighted by molar-refractivity contribution is -0.146. The number of benzene rings is 1. The van der Waals surface area contributed by atoms with Crippen LogP contribution in [0, 0.1) is 11.7 Å². The number of alkyl carbamates (subject to hydrolysis) is 1. The Bertz CT molecular complexity index is 1350. The van der Waals surface area contributed by atoms with Gasteiger partial charge in [0.05, 0.1) is 13.1 Å². The van der Waals surface area contributed by atoms with Crippen molar-refractivity contribution in [2.45, 2.75) is 121 Å². The minimum Gasteiger partial charge on any atom is -0.479 e. The third kappa shape index (κ3) is 7.33. The summed E-state index contributed by atoms with van der Waals surface area (Å²) in [6.07, 6.45) is 2.93. The monoisotopic (exact) mass is 630 g/mol. The van der Waals surface area contributed by atoms with Crippen LogP contribution in [-0.4, -0.2) is 80.7 Å². The van der Waals surface area contributed by atoms with Crippen LogP contribution in [0.15, 0.2) is 18.2 Å². The molecule has 3 N–H and O–H groups in total. The summed E-state index contributed by atoms with van der Waals surface area (Å²) in [4.78, 5) is 68.7. The summed E-state index contributed by atoms with van der Waals surface area (Å²) in [7, 11) is 0. The number of fused-ring (bicyclic) bond motifs is 3. The van der Waals surface area contributed by atoms with Crippen LogP contribution in [0.25, 0.3) is 0 Å². The normalized spacial score (nSPS) is 28.9. The van der Waals surface area contributed by atoms with Gasteiger partial charge in [-0.25, -0.2) is 18.8 Å². The molecule has 5 rings (SSSR count). The first kappa shape index (κ1) is 32.5. The fraction of sp³-hybridized carbons (Fsp3) is 0.656. The van der Waals surface area contributed by atoms with Crippen LogP contribution in [-0.2, 0) is 36.9 Å². The molecule has 5 atom stereocenters. The summed E-state index contributed by atoms with van der Waals surface area (Å²) >= 11 is 0. The van der Waals surface area contributed by atoms with E-state index < -0.39 is 65.1 Å². The van der Waals surface area contributed by atoms with Gasteiger partial charge in [-0.05, 0) is 57.6 Å². The molecule has 4 amide bonds. The maximum absolute atomic E-state index is 14.3. The van der Waals surface area contributed by atoms with E-state index in [1.54, 1.807) is 32.9 Å². The first-order chi connectivity index (χ1) is 21.3. The Hall–Kier alpha value is -3.90. The Morgan fingerprint density at radius 2 is 1.78 bits per heavy atom. The average molecular weight is 631 g/mol. The zero-order valence-corrected chi connectivity index (χ0v) is 26.1. The van der Waals surface area contributed by atoms with Crippen molar-refractivity contribution in [2.75, 3.05) is 6.54 Å². The number of hydrogen-bond donors (Lipinski definition) is 3. The van der Waals surface area contributed by atoms with E-state index in [2.05, 4.69) is 10.6 Å². The van der Waals surface area contributed by atoms with Crippen molar-refractivity contribution in [2.24, 2.45) is 5.92 Å². The van der Waals surface area contributed by atoms with Gasteiger partial charge in [-0.2, -0.15) is 0 Å². The largest absolute Gasteiger partial charge is 0.479 e. The fourth-order valence-corrected chi connectivity index (χ4v) is 6.73. The number of carboxylic acids is 1. The van der Waals surface area contributed by atoms with E-state index in [4.69, 9.17) is 9.47 Å². The van der Waals surface area contributed by atoms with Crippen LogP contribution < -0.4 is 10.6 Å². The van der Waals surface area contributed by atoms with Crippen molar-refractivity contribution >= 4 is 30.0 Å². The van der Waals surface area contributed by atoms with Crippen LogP contribution in [0.1, 0.15) is 89.7 Å². The van der Waals surface area contributed by atoms with Gasteiger partial charge in [-0.1, -0.05) is 44.2 Å². The Labute approximate surface area is 262 Å². The Morgan fingerprint density at radius 3 is 2.47 bits per heavy atom. The van der Waals surface area contributed by atoms with Crippen molar-refractivity contribution in [3.8, 4) is 0 Å². The highest BCUT2D eigenvalue weighted by molar-refractivity contribution is 5.96. The van der Waals surface area contributed by atoms with Crippen molar-refractivity contribution < 1.29 is 42.9 Å². The quantitative estimate of drug-likeness (QED) is 0.455. The van der Waals surface area contributed by atoms with E-state index in [0.29, 0.717) is 36.8 Å². The van der Waals surface area contributed by atoms with Gasteiger partial charge in [0, 0.05) is 18.5 Å². The molecule has 0 spiro atoms. The van der Waals surface area contributed by atoms with E-state index in [1.165, 1.54) is 15.9 Å². The second-order valence-electron chi connectivity index (χ2n) is 13.7. The van der Waals surface area contributed by atoms with Gasteiger partial charge in [-0.15, -0.1) is 0 Å². The molecule has 4 aliphatic rings. The van der Waals surface area contributed by atoms with Crippen LogP contribution in [0.5, 0.6) is 0 Å². The van der Waals surface area contributed by atoms with E-state index in [0.717, 1.165) is 25.7 Å². The highest BCUT2D eigenvalue weighted by Gasteiger charge is 2.62. The number of nitrogens with zero attached hydrogens (tertiary/aromatic N) is 2. The molecule has 3 heterocycles. The smallest absolute Gasteiger partial charge is 0.410 e. The van der Waals surface area contributed by atoms with Crippen molar-refractivity contribution in [3.05, 3.63) is 35.1 Å². The molecule has 2 saturated heterocycles. The summed E-state index contributed by atoms with van der Waals surface area (Å²) in [6, 6.07) is 2.51. The van der Waals surface area contributed by atoms with Crippen LogP contribution in [0.2, 0.25) is 0 Å². The number of carbonyl (C=O) groups is 5. The third-order valence-electron chi connectivity index (χ3n) is 9.17. The Balaban J connectivity index is 1.36. The van der Waals surface area contributed by atoms with Gasteiger partial charge in [0.2, 0.25) is 11.8 Å². The molecule has 246 valence electrons. The number of nitrogens with one attached hydrogen (secondary N) is 2. The molecule has 3 aliphatic heterocycles. The molecule has 1 aromatic carbocycles. The molecule has 0 aromatic heterocycles. The predicted molar refractivity (Wildman–Crippen MR) is 158 cm³/mol. The number of hydrogen-bond acceptors (Lipinski definition) is 7. The highest BCUT2D eigenvalue weighted by Crippen LogP contribution is 2.47. The van der Waals surface area contributed by atoms with Gasteiger partial charge in [0.25, 0.3) is 0 Å². The Morgan fingerprint density at radius 1 is 1.07 bits per heavy atom. The molecule has 12 nitrogen and oxygen atoms in total. The van der Waals surface area contributed by atoms with Crippen molar-refractivity contribution in [1.82, 2.24) is 20.4 Å². The van der Waals surface area contributed by atoms with Gasteiger partial charge in [0.1, 0.15) is 35.1 Å². The standard InChI is InChI=1S/C32H43FN4O8/c1-31(2,3)45-29(42)34-24-13-8-6-4-5-7-11-20-15-32(20,28(40)41)35-26(38)25-14-21(17-37(25)27(24)39)44-30(43)36-16-19-10-9-12-23(33)22(19)18-36/h9-10,12,20-21,24-25H,4-8,11,13-18H2,1-3H3,(H,34,42)(H,35,38)(H,40,41). The second kappa shape index (κ2) is 12.8. The zero-order chi connectivity index (χ0) is 32.5. The molecule has 3 fully saturated rings. The molecule has 1 saturated carbocycles. The average Bonchev–Trinajstić information content (AvgIpc) is 3.27. The van der Waals surface area contributed by atoms with Crippen molar-refractivity contribution in [1.29, 1.82) is 0 Å². The minimum absolute atomic E-state index is 0.0323. The zero-order valence-electron chi connectivity index (χ0n) is 26.1. The number of amides is 4. The number of ether oxygens (including phenoxy) is 2. The molecule has 5 unspecified atom stereocenters. The van der Waals surface area contributed by atoms with E-state index in [1.807, 2.05) is 0 Å². The number of halogens is 1. The fourth-order valence-electron chi connectivity index (χ4n) is 6.73.